The number of aromatic nitrogens is 1. The maximum atomic E-state index is 6.24. The zero-order valence-corrected chi connectivity index (χ0v) is 13.5. The van der Waals surface area contributed by atoms with Gasteiger partial charge < -0.3 is 15.2 Å². The second kappa shape index (κ2) is 5.24. The average Bonchev–Trinajstić information content (AvgIpc) is 3.41. The van der Waals surface area contributed by atoms with Gasteiger partial charge in [-0.3, -0.25) is 4.98 Å². The van der Waals surface area contributed by atoms with E-state index in [1.54, 1.807) is 6.20 Å². The molecule has 0 saturated heterocycles. The highest BCUT2D eigenvalue weighted by molar-refractivity contribution is 5.44. The Labute approximate surface area is 136 Å². The Kier molecular flexibility index (Phi) is 3.31. The van der Waals surface area contributed by atoms with Crippen LogP contribution in [0.4, 0.5) is 5.69 Å². The SMILES string of the molecule is CC(C)COC1(c2cc(Oc3ccc(N)cc3)ccn2)C2CC21. The van der Waals surface area contributed by atoms with Crippen LogP contribution in [0.5, 0.6) is 11.5 Å². The number of nitrogens with zero attached hydrogens (tertiary/aromatic N) is 1. The minimum absolute atomic E-state index is 0.148. The molecule has 23 heavy (non-hydrogen) atoms. The van der Waals surface area contributed by atoms with Crippen LogP contribution >= 0.6 is 0 Å². The molecule has 2 N–H and O–H groups in total. The van der Waals surface area contributed by atoms with Crippen LogP contribution in [-0.4, -0.2) is 11.6 Å². The number of anilines is 1. The third-order valence-electron chi connectivity index (χ3n) is 4.69. The lowest BCUT2D eigenvalue weighted by molar-refractivity contribution is -0.0285. The van der Waals surface area contributed by atoms with Crippen molar-refractivity contribution in [1.29, 1.82) is 0 Å². The fourth-order valence-corrected chi connectivity index (χ4v) is 3.23. The van der Waals surface area contributed by atoms with E-state index in [9.17, 15) is 0 Å². The molecule has 2 fully saturated rings. The number of rotatable bonds is 6. The fraction of sp³-hybridized carbons (Fsp3) is 0.421. The maximum Gasteiger partial charge on any atom is 0.130 e. The lowest BCUT2D eigenvalue weighted by Crippen LogP contribution is -2.24. The first kappa shape index (κ1) is 14.5. The van der Waals surface area contributed by atoms with Crippen molar-refractivity contribution in [3.8, 4) is 11.5 Å². The quantitative estimate of drug-likeness (QED) is 0.820. The van der Waals surface area contributed by atoms with Crippen molar-refractivity contribution >= 4 is 5.69 Å². The predicted octanol–water partition coefficient (Wildman–Crippen LogP) is 3.97. The van der Waals surface area contributed by atoms with E-state index in [1.165, 1.54) is 6.42 Å². The fourth-order valence-electron chi connectivity index (χ4n) is 3.23. The number of benzene rings is 1. The Morgan fingerprint density at radius 3 is 2.52 bits per heavy atom. The highest BCUT2D eigenvalue weighted by Crippen LogP contribution is 2.78. The Morgan fingerprint density at radius 1 is 1.17 bits per heavy atom. The minimum atomic E-state index is -0.148. The number of pyridine rings is 1. The molecular formula is C19H22N2O2. The lowest BCUT2D eigenvalue weighted by atomic mass is 10.0. The van der Waals surface area contributed by atoms with Gasteiger partial charge in [0.15, 0.2) is 0 Å². The maximum absolute atomic E-state index is 6.24. The van der Waals surface area contributed by atoms with E-state index in [0.29, 0.717) is 17.8 Å². The van der Waals surface area contributed by atoms with Crippen molar-refractivity contribution in [3.05, 3.63) is 48.3 Å². The van der Waals surface area contributed by atoms with Crippen molar-refractivity contribution in [2.75, 3.05) is 12.3 Å². The first-order valence-electron chi connectivity index (χ1n) is 8.23. The monoisotopic (exact) mass is 310 g/mol. The summed E-state index contributed by atoms with van der Waals surface area (Å²) in [5.41, 5.74) is 7.29. The zero-order valence-electron chi connectivity index (χ0n) is 13.5. The number of ether oxygens (including phenoxy) is 2. The molecular weight excluding hydrogens is 288 g/mol. The molecule has 4 nitrogen and oxygen atoms in total. The molecule has 4 heteroatoms. The zero-order chi connectivity index (χ0) is 16.0. The standard InChI is InChI=1S/C19H22N2O2/c1-12(2)11-22-19(16-10-17(16)19)18-9-15(7-8-21-18)23-14-5-3-13(20)4-6-14/h3-9,12,16-17H,10-11,20H2,1-2H3. The van der Waals surface area contributed by atoms with E-state index in [1.807, 2.05) is 36.4 Å². The number of nitrogens with two attached hydrogens (primary N) is 1. The molecule has 0 amide bonds. The van der Waals surface area contributed by atoms with Gasteiger partial charge in [0.1, 0.15) is 17.1 Å². The molecule has 0 aliphatic heterocycles. The molecule has 2 aliphatic carbocycles. The largest absolute Gasteiger partial charge is 0.457 e. The Morgan fingerprint density at radius 2 is 1.91 bits per heavy atom. The topological polar surface area (TPSA) is 57.4 Å². The van der Waals surface area contributed by atoms with Crippen molar-refractivity contribution in [1.82, 2.24) is 4.98 Å². The Balaban J connectivity index is 1.53. The molecule has 2 saturated carbocycles. The van der Waals surface area contributed by atoms with Gasteiger partial charge in [-0.15, -0.1) is 0 Å². The average molecular weight is 310 g/mol. The van der Waals surface area contributed by atoms with Gasteiger partial charge in [-0.2, -0.15) is 0 Å². The molecule has 1 aromatic carbocycles. The minimum Gasteiger partial charge on any atom is -0.457 e. The predicted molar refractivity (Wildman–Crippen MR) is 89.2 cm³/mol. The van der Waals surface area contributed by atoms with Crippen LogP contribution < -0.4 is 10.5 Å². The number of hydrogen-bond donors (Lipinski definition) is 1. The van der Waals surface area contributed by atoms with Crippen molar-refractivity contribution in [2.24, 2.45) is 17.8 Å². The molecule has 4 rings (SSSR count). The summed E-state index contributed by atoms with van der Waals surface area (Å²) in [5, 5.41) is 0. The van der Waals surface area contributed by atoms with Crippen LogP contribution in [0.15, 0.2) is 42.6 Å². The molecule has 0 radical (unpaired) electrons. The number of nitrogen functional groups attached to an aromatic ring is 1. The molecule has 1 aromatic heterocycles. The molecule has 0 bridgehead atoms. The second-order valence-corrected chi connectivity index (χ2v) is 6.99. The molecule has 120 valence electrons. The van der Waals surface area contributed by atoms with Crippen LogP contribution in [0.25, 0.3) is 0 Å². The van der Waals surface area contributed by atoms with Crippen LogP contribution in [0.3, 0.4) is 0 Å². The van der Waals surface area contributed by atoms with Gasteiger partial charge in [0.25, 0.3) is 0 Å². The summed E-state index contributed by atoms with van der Waals surface area (Å²) in [6, 6.07) is 11.3. The van der Waals surface area contributed by atoms with E-state index in [-0.39, 0.29) is 5.60 Å². The summed E-state index contributed by atoms with van der Waals surface area (Å²) < 4.78 is 12.2. The molecule has 1 heterocycles. The first-order valence-corrected chi connectivity index (χ1v) is 8.23. The molecule has 2 aliphatic rings. The van der Waals surface area contributed by atoms with Crippen molar-refractivity contribution in [3.63, 3.8) is 0 Å². The first-order chi connectivity index (χ1) is 11.1. The highest BCUT2D eigenvalue weighted by Gasteiger charge is 2.79. The van der Waals surface area contributed by atoms with Crippen LogP contribution in [0, 0.1) is 17.8 Å². The highest BCUT2D eigenvalue weighted by atomic mass is 16.5. The van der Waals surface area contributed by atoms with Crippen molar-refractivity contribution in [2.45, 2.75) is 25.9 Å². The molecule has 2 atom stereocenters. The number of hydrogen-bond acceptors (Lipinski definition) is 4. The summed E-state index contributed by atoms with van der Waals surface area (Å²) in [6.07, 6.45) is 3.07. The molecule has 2 unspecified atom stereocenters. The van der Waals surface area contributed by atoms with Gasteiger partial charge in [0.2, 0.25) is 0 Å². The van der Waals surface area contributed by atoms with Gasteiger partial charge in [-0.25, -0.2) is 0 Å². The Hall–Kier alpha value is -2.07. The Bertz CT molecular complexity index is 704. The third kappa shape index (κ3) is 2.57. The van der Waals surface area contributed by atoms with E-state index in [0.717, 1.165) is 29.5 Å². The third-order valence-corrected chi connectivity index (χ3v) is 4.69. The molecule has 0 spiro atoms. The van der Waals surface area contributed by atoms with E-state index in [4.69, 9.17) is 15.2 Å². The summed E-state index contributed by atoms with van der Waals surface area (Å²) in [7, 11) is 0. The lowest BCUT2D eigenvalue weighted by Gasteiger charge is -2.24. The van der Waals surface area contributed by atoms with E-state index < -0.39 is 0 Å². The smallest absolute Gasteiger partial charge is 0.130 e. The van der Waals surface area contributed by atoms with Gasteiger partial charge in [0, 0.05) is 29.8 Å². The van der Waals surface area contributed by atoms with E-state index >= 15 is 0 Å². The van der Waals surface area contributed by atoms with E-state index in [2.05, 4.69) is 18.8 Å². The summed E-state index contributed by atoms with van der Waals surface area (Å²) in [4.78, 5) is 4.56. The summed E-state index contributed by atoms with van der Waals surface area (Å²) in [6.45, 7) is 5.13. The van der Waals surface area contributed by atoms with Crippen LogP contribution in [0.2, 0.25) is 0 Å². The van der Waals surface area contributed by atoms with Crippen LogP contribution in [-0.2, 0) is 10.3 Å². The van der Waals surface area contributed by atoms with Crippen LogP contribution in [0.1, 0.15) is 26.0 Å². The summed E-state index contributed by atoms with van der Waals surface area (Å²) in [5.74, 6) is 3.40. The van der Waals surface area contributed by atoms with Crippen molar-refractivity contribution < 1.29 is 9.47 Å². The van der Waals surface area contributed by atoms with Gasteiger partial charge in [-0.05, 0) is 42.7 Å². The molecule has 2 aromatic rings. The van der Waals surface area contributed by atoms with Gasteiger partial charge in [0.05, 0.1) is 12.3 Å². The summed E-state index contributed by atoms with van der Waals surface area (Å²) >= 11 is 0. The normalized spacial score (nSPS) is 27.6. The second-order valence-electron chi connectivity index (χ2n) is 6.99. The van der Waals surface area contributed by atoms with Gasteiger partial charge >= 0.3 is 0 Å². The number of fused-ring (bicyclic) bond motifs is 1. The van der Waals surface area contributed by atoms with Gasteiger partial charge in [-0.1, -0.05) is 13.8 Å².